The number of aromatic nitrogens is 2. The molecule has 0 aliphatic heterocycles. The van der Waals surface area contributed by atoms with Crippen molar-refractivity contribution in [3.63, 3.8) is 0 Å². The van der Waals surface area contributed by atoms with Crippen LogP contribution in [0.4, 0.5) is 0 Å². The lowest BCUT2D eigenvalue weighted by molar-refractivity contribution is 0.0863. The summed E-state index contributed by atoms with van der Waals surface area (Å²) in [4.78, 5) is 14.1. The molecule has 1 heterocycles. The highest BCUT2D eigenvalue weighted by molar-refractivity contribution is 6.03. The predicted octanol–water partition coefficient (Wildman–Crippen LogP) is 6.14. The van der Waals surface area contributed by atoms with E-state index in [9.17, 15) is 4.79 Å². The zero-order valence-electron chi connectivity index (χ0n) is 19.4. The van der Waals surface area contributed by atoms with Crippen LogP contribution in [0.3, 0.4) is 0 Å². The third-order valence-corrected chi connectivity index (χ3v) is 6.70. The Morgan fingerprint density at radius 2 is 1.44 bits per heavy atom. The molecule has 1 fully saturated rings. The first-order chi connectivity index (χ1) is 16.7. The summed E-state index contributed by atoms with van der Waals surface area (Å²) in [6.07, 6.45) is 5.19. The molecular formula is C29H29N3O2. The highest BCUT2D eigenvalue weighted by atomic mass is 16.5. The summed E-state index contributed by atoms with van der Waals surface area (Å²) in [7, 11) is 1.59. The smallest absolute Gasteiger partial charge is 0.259 e. The van der Waals surface area contributed by atoms with Gasteiger partial charge in [0.2, 0.25) is 5.88 Å². The van der Waals surface area contributed by atoms with E-state index in [1.807, 2.05) is 78.9 Å². The molecule has 34 heavy (non-hydrogen) atoms. The normalized spacial score (nSPS) is 15.0. The maximum atomic E-state index is 14.1. The lowest BCUT2D eigenvalue weighted by Gasteiger charge is -2.38. The number of benzene rings is 3. The summed E-state index contributed by atoms with van der Waals surface area (Å²) in [5.74, 6) is 0.269. The van der Waals surface area contributed by atoms with Gasteiger partial charge in [-0.2, -0.15) is 9.78 Å². The Morgan fingerprint density at radius 1 is 0.853 bits per heavy atom. The van der Waals surface area contributed by atoms with Crippen LogP contribution in [-0.4, -0.2) is 22.8 Å². The molecule has 172 valence electrons. The molecule has 0 bridgehead atoms. The zero-order chi connectivity index (χ0) is 23.4. The van der Waals surface area contributed by atoms with Crippen molar-refractivity contribution in [1.29, 1.82) is 0 Å². The van der Waals surface area contributed by atoms with Crippen LogP contribution in [0.15, 0.2) is 91.0 Å². The number of ether oxygens (including phenoxy) is 1. The Kier molecular flexibility index (Phi) is 6.17. The van der Waals surface area contributed by atoms with E-state index in [4.69, 9.17) is 9.84 Å². The third kappa shape index (κ3) is 4.10. The van der Waals surface area contributed by atoms with Gasteiger partial charge in [-0.1, -0.05) is 98.1 Å². The number of hydrogen-bond donors (Lipinski definition) is 1. The van der Waals surface area contributed by atoms with E-state index >= 15 is 0 Å². The second-order valence-electron chi connectivity index (χ2n) is 8.81. The van der Waals surface area contributed by atoms with Gasteiger partial charge >= 0.3 is 0 Å². The van der Waals surface area contributed by atoms with Crippen molar-refractivity contribution >= 4 is 5.91 Å². The highest BCUT2D eigenvalue weighted by Gasteiger charge is 2.38. The number of nitrogens with zero attached hydrogens (tertiary/aromatic N) is 2. The van der Waals surface area contributed by atoms with E-state index in [0.29, 0.717) is 17.1 Å². The molecule has 1 aromatic heterocycles. The molecular weight excluding hydrogens is 422 g/mol. The minimum absolute atomic E-state index is 0.163. The van der Waals surface area contributed by atoms with Gasteiger partial charge in [-0.25, -0.2) is 0 Å². The van der Waals surface area contributed by atoms with Gasteiger partial charge in [-0.05, 0) is 30.5 Å². The SMILES string of the molecule is COc1c(C(=O)NC2(c3ccccc3)CCCCC2)c(-c2ccccc2)nn1-c1ccccc1. The van der Waals surface area contributed by atoms with Crippen molar-refractivity contribution in [3.05, 3.63) is 102 Å². The second kappa shape index (κ2) is 9.56. The van der Waals surface area contributed by atoms with Crippen LogP contribution in [0.5, 0.6) is 5.88 Å². The Morgan fingerprint density at radius 3 is 2.06 bits per heavy atom. The number of rotatable bonds is 6. The fourth-order valence-electron chi connectivity index (χ4n) is 5.02. The van der Waals surface area contributed by atoms with Crippen molar-refractivity contribution < 1.29 is 9.53 Å². The predicted molar refractivity (Wildman–Crippen MR) is 134 cm³/mol. The molecule has 3 aromatic carbocycles. The van der Waals surface area contributed by atoms with Crippen molar-refractivity contribution in [2.75, 3.05) is 7.11 Å². The zero-order valence-corrected chi connectivity index (χ0v) is 19.4. The lowest BCUT2D eigenvalue weighted by atomic mass is 9.76. The van der Waals surface area contributed by atoms with Gasteiger partial charge in [0.05, 0.1) is 18.3 Å². The number of hydrogen-bond acceptors (Lipinski definition) is 3. The van der Waals surface area contributed by atoms with Gasteiger partial charge in [-0.3, -0.25) is 4.79 Å². The Bertz CT molecular complexity index is 1240. The summed E-state index contributed by atoms with van der Waals surface area (Å²) in [6.45, 7) is 0. The number of methoxy groups -OCH3 is 1. The van der Waals surface area contributed by atoms with Crippen LogP contribution in [0.25, 0.3) is 16.9 Å². The molecule has 0 radical (unpaired) electrons. The molecule has 5 nitrogen and oxygen atoms in total. The Balaban J connectivity index is 1.63. The summed E-state index contributed by atoms with van der Waals surface area (Å²) < 4.78 is 7.54. The maximum absolute atomic E-state index is 14.1. The van der Waals surface area contributed by atoms with Crippen molar-refractivity contribution in [2.24, 2.45) is 0 Å². The first kappa shape index (κ1) is 22.0. The summed E-state index contributed by atoms with van der Waals surface area (Å²) in [6, 6.07) is 29.9. The van der Waals surface area contributed by atoms with Gasteiger partial charge in [-0.15, -0.1) is 0 Å². The van der Waals surface area contributed by atoms with Gasteiger partial charge in [0.15, 0.2) is 0 Å². The average Bonchev–Trinajstić information content (AvgIpc) is 3.31. The number of carbonyl (C=O) groups excluding carboxylic acids is 1. The molecule has 5 rings (SSSR count). The van der Waals surface area contributed by atoms with E-state index in [0.717, 1.165) is 42.5 Å². The van der Waals surface area contributed by atoms with Gasteiger partial charge < -0.3 is 10.1 Å². The van der Waals surface area contributed by atoms with Crippen LogP contribution < -0.4 is 10.1 Å². The van der Waals surface area contributed by atoms with Crippen LogP contribution in [0.1, 0.15) is 48.0 Å². The molecule has 0 spiro atoms. The van der Waals surface area contributed by atoms with Crippen LogP contribution >= 0.6 is 0 Å². The van der Waals surface area contributed by atoms with Gasteiger partial charge in [0.25, 0.3) is 5.91 Å². The van der Waals surface area contributed by atoms with E-state index in [1.165, 1.54) is 6.42 Å². The number of para-hydroxylation sites is 1. The Hall–Kier alpha value is -3.86. The van der Waals surface area contributed by atoms with Crippen LogP contribution in [0.2, 0.25) is 0 Å². The van der Waals surface area contributed by atoms with Crippen molar-refractivity contribution in [2.45, 2.75) is 37.6 Å². The average molecular weight is 452 g/mol. The molecule has 0 saturated heterocycles. The minimum Gasteiger partial charge on any atom is -0.480 e. The minimum atomic E-state index is -0.398. The first-order valence-electron chi connectivity index (χ1n) is 11.9. The molecule has 1 amide bonds. The monoisotopic (exact) mass is 451 g/mol. The maximum Gasteiger partial charge on any atom is 0.259 e. The lowest BCUT2D eigenvalue weighted by Crippen LogP contribution is -2.47. The van der Waals surface area contributed by atoms with Crippen molar-refractivity contribution in [3.8, 4) is 22.8 Å². The highest BCUT2D eigenvalue weighted by Crippen LogP contribution is 2.39. The standard InChI is InChI=1S/C29H29N3O2/c1-34-28-25(27(33)30-29(20-12-5-13-21-29)23-16-8-3-9-17-23)26(22-14-6-2-7-15-22)31-32(28)24-18-10-4-11-19-24/h2-4,6-11,14-19H,5,12-13,20-21H2,1H3,(H,30,33). The van der Waals surface area contributed by atoms with E-state index in [-0.39, 0.29) is 5.91 Å². The molecule has 1 aliphatic carbocycles. The largest absolute Gasteiger partial charge is 0.480 e. The van der Waals surface area contributed by atoms with Gasteiger partial charge in [0.1, 0.15) is 11.3 Å². The fourth-order valence-corrected chi connectivity index (χ4v) is 5.02. The molecule has 1 saturated carbocycles. The van der Waals surface area contributed by atoms with Gasteiger partial charge in [0, 0.05) is 5.56 Å². The quantitative estimate of drug-likeness (QED) is 0.383. The van der Waals surface area contributed by atoms with E-state index in [1.54, 1.807) is 11.8 Å². The molecule has 1 aliphatic rings. The number of carbonyl (C=O) groups is 1. The number of amides is 1. The number of nitrogens with one attached hydrogen (secondary N) is 1. The topological polar surface area (TPSA) is 56.1 Å². The van der Waals surface area contributed by atoms with E-state index < -0.39 is 5.54 Å². The third-order valence-electron chi connectivity index (χ3n) is 6.70. The molecule has 4 aromatic rings. The molecule has 1 N–H and O–H groups in total. The molecule has 0 unspecified atom stereocenters. The first-order valence-corrected chi connectivity index (χ1v) is 11.9. The summed E-state index contributed by atoms with van der Waals surface area (Å²) in [5.41, 5.74) is 3.53. The fraction of sp³-hybridized carbons (Fsp3) is 0.241. The van der Waals surface area contributed by atoms with Crippen molar-refractivity contribution in [1.82, 2.24) is 15.1 Å². The molecule has 5 heteroatoms. The van der Waals surface area contributed by atoms with Crippen LogP contribution in [0, 0.1) is 0 Å². The summed E-state index contributed by atoms with van der Waals surface area (Å²) in [5, 5.41) is 8.30. The summed E-state index contributed by atoms with van der Waals surface area (Å²) >= 11 is 0. The van der Waals surface area contributed by atoms with E-state index in [2.05, 4.69) is 17.4 Å². The second-order valence-corrected chi connectivity index (χ2v) is 8.81. The molecule has 0 atom stereocenters. The van der Waals surface area contributed by atoms with Crippen LogP contribution in [-0.2, 0) is 5.54 Å². The Labute approximate surface area is 200 Å².